The van der Waals surface area contributed by atoms with Crippen molar-refractivity contribution < 1.29 is 17.6 Å². The molecule has 0 fully saturated rings. The molecular weight excluding hydrogens is 311 g/mol. The minimum atomic E-state index is -3.30. The van der Waals surface area contributed by atoms with E-state index in [4.69, 9.17) is 0 Å². The lowest BCUT2D eigenvalue weighted by Crippen LogP contribution is -2.38. The molecule has 22 heavy (non-hydrogen) atoms. The van der Waals surface area contributed by atoms with Crippen LogP contribution in [-0.4, -0.2) is 31.1 Å². The van der Waals surface area contributed by atoms with Gasteiger partial charge in [-0.2, -0.15) is 0 Å². The van der Waals surface area contributed by atoms with E-state index in [2.05, 4.69) is 10.3 Å². The summed E-state index contributed by atoms with van der Waals surface area (Å²) in [6.45, 7) is 0. The normalized spacial score (nSPS) is 19.4. The Morgan fingerprint density at radius 2 is 2.14 bits per heavy atom. The first-order valence-electron chi connectivity index (χ1n) is 6.39. The van der Waals surface area contributed by atoms with Gasteiger partial charge < -0.3 is 10.3 Å². The fourth-order valence-electron chi connectivity index (χ4n) is 2.28. The van der Waals surface area contributed by atoms with Crippen molar-refractivity contribution in [2.75, 3.05) is 5.75 Å². The molecule has 1 aromatic carbocycles. The third-order valence-electron chi connectivity index (χ3n) is 3.32. The van der Waals surface area contributed by atoms with Crippen molar-refractivity contribution in [3.05, 3.63) is 57.5 Å². The first-order valence-corrected chi connectivity index (χ1v) is 8.11. The summed E-state index contributed by atoms with van der Waals surface area (Å²) in [7, 11) is -3.30. The van der Waals surface area contributed by atoms with Crippen LogP contribution < -0.4 is 10.9 Å². The molecule has 2 N–H and O–H groups in total. The number of aromatic amines is 1. The highest BCUT2D eigenvalue weighted by Crippen LogP contribution is 2.15. The summed E-state index contributed by atoms with van der Waals surface area (Å²) < 4.78 is 36.1. The maximum atomic E-state index is 13.6. The number of benzene rings is 1. The van der Waals surface area contributed by atoms with Crippen molar-refractivity contribution in [2.24, 2.45) is 0 Å². The molecule has 0 bridgehead atoms. The maximum absolute atomic E-state index is 13.6. The first-order chi connectivity index (χ1) is 10.4. The molecule has 2 aromatic rings. The highest BCUT2D eigenvalue weighted by Gasteiger charge is 2.24. The molecule has 1 aliphatic heterocycles. The zero-order valence-electron chi connectivity index (χ0n) is 11.2. The number of pyridine rings is 1. The number of nitrogens with one attached hydrogen (secondary N) is 2. The highest BCUT2D eigenvalue weighted by atomic mass is 32.2. The number of hydrogen-bond acceptors (Lipinski definition) is 4. The lowest BCUT2D eigenvalue weighted by molar-refractivity contribution is 0.0946. The van der Waals surface area contributed by atoms with Gasteiger partial charge in [-0.15, -0.1) is 0 Å². The zero-order valence-corrected chi connectivity index (χ0v) is 12.0. The molecule has 0 saturated heterocycles. The molecule has 1 aliphatic rings. The Morgan fingerprint density at radius 1 is 1.36 bits per heavy atom. The molecule has 2 heterocycles. The van der Waals surface area contributed by atoms with Gasteiger partial charge in [-0.05, 0) is 18.2 Å². The van der Waals surface area contributed by atoms with Gasteiger partial charge in [0.15, 0.2) is 9.84 Å². The third kappa shape index (κ3) is 2.64. The molecule has 0 aliphatic carbocycles. The van der Waals surface area contributed by atoms with Gasteiger partial charge in [0.1, 0.15) is 11.4 Å². The van der Waals surface area contributed by atoms with Crippen molar-refractivity contribution in [1.82, 2.24) is 10.3 Å². The fraction of sp³-hybridized carbons (Fsp3) is 0.143. The Morgan fingerprint density at radius 3 is 2.82 bits per heavy atom. The van der Waals surface area contributed by atoms with Crippen LogP contribution >= 0.6 is 0 Å². The number of hydrogen-bond donors (Lipinski definition) is 2. The second-order valence-electron chi connectivity index (χ2n) is 4.95. The second-order valence-corrected chi connectivity index (χ2v) is 6.89. The van der Waals surface area contributed by atoms with Gasteiger partial charge in [0.2, 0.25) is 0 Å². The molecule has 1 atom stereocenters. The predicted molar refractivity (Wildman–Crippen MR) is 78.7 cm³/mol. The summed E-state index contributed by atoms with van der Waals surface area (Å²) >= 11 is 0. The van der Waals surface area contributed by atoms with Gasteiger partial charge in [0.05, 0.1) is 17.3 Å². The number of halogens is 1. The van der Waals surface area contributed by atoms with Gasteiger partial charge in [-0.25, -0.2) is 12.8 Å². The smallest absolute Gasteiger partial charge is 0.261 e. The van der Waals surface area contributed by atoms with Crippen LogP contribution in [-0.2, 0) is 9.84 Å². The lowest BCUT2D eigenvalue weighted by Gasteiger charge is -2.10. The summed E-state index contributed by atoms with van der Waals surface area (Å²) in [6.07, 6.45) is 1.35. The van der Waals surface area contributed by atoms with E-state index in [9.17, 15) is 22.4 Å². The summed E-state index contributed by atoms with van der Waals surface area (Å²) in [4.78, 5) is 26.3. The van der Waals surface area contributed by atoms with Crippen molar-refractivity contribution in [2.45, 2.75) is 6.04 Å². The topological polar surface area (TPSA) is 96.1 Å². The number of aromatic nitrogens is 1. The fourth-order valence-corrected chi connectivity index (χ4v) is 3.51. The van der Waals surface area contributed by atoms with E-state index >= 15 is 0 Å². The molecule has 8 heteroatoms. The molecule has 1 aromatic heterocycles. The van der Waals surface area contributed by atoms with Crippen molar-refractivity contribution in [1.29, 1.82) is 0 Å². The average molecular weight is 322 g/mol. The summed E-state index contributed by atoms with van der Waals surface area (Å²) in [5, 5.41) is 3.85. The minimum absolute atomic E-state index is 0.0207. The first kappa shape index (κ1) is 14.5. The third-order valence-corrected chi connectivity index (χ3v) is 4.72. The van der Waals surface area contributed by atoms with Gasteiger partial charge >= 0.3 is 0 Å². The van der Waals surface area contributed by atoms with Crippen molar-refractivity contribution in [3.8, 4) is 0 Å². The number of H-pyrrole nitrogens is 1. The standard InChI is InChI=1S/C14H11FN2O4S/c15-11-3-1-2-8-6-10(14(19)17-12(8)11)13(18)16-9-4-5-22(20,21)7-9/h1-6,9H,7H2,(H,16,18)(H,17,19). The monoisotopic (exact) mass is 322 g/mol. The van der Waals surface area contributed by atoms with Crippen molar-refractivity contribution >= 4 is 26.6 Å². The molecule has 0 spiro atoms. The predicted octanol–water partition coefficient (Wildman–Crippen LogP) is 0.708. The Hall–Kier alpha value is -2.48. The quantitative estimate of drug-likeness (QED) is 0.851. The molecule has 0 saturated carbocycles. The highest BCUT2D eigenvalue weighted by molar-refractivity contribution is 7.94. The molecule has 0 radical (unpaired) electrons. The molecule has 114 valence electrons. The average Bonchev–Trinajstić information content (AvgIpc) is 2.78. The molecule has 1 amide bonds. The van der Waals surface area contributed by atoms with Crippen LogP contribution in [0.25, 0.3) is 10.9 Å². The SMILES string of the molecule is O=C(NC1C=CS(=O)(=O)C1)c1cc2cccc(F)c2[nH]c1=O. The van der Waals surface area contributed by atoms with Crippen LogP contribution in [0, 0.1) is 5.82 Å². The number of fused-ring (bicyclic) bond motifs is 1. The molecule has 1 unspecified atom stereocenters. The summed E-state index contributed by atoms with van der Waals surface area (Å²) in [5.74, 6) is -1.54. The van der Waals surface area contributed by atoms with E-state index in [1.54, 1.807) is 6.07 Å². The number of sulfone groups is 1. The van der Waals surface area contributed by atoms with Gasteiger partial charge in [-0.1, -0.05) is 12.1 Å². The van der Waals surface area contributed by atoms with E-state index in [-0.39, 0.29) is 16.8 Å². The van der Waals surface area contributed by atoms with E-state index in [1.807, 2.05) is 0 Å². The number of para-hydroxylation sites is 1. The Kier molecular flexibility index (Phi) is 3.32. The van der Waals surface area contributed by atoms with Gasteiger partial charge in [0, 0.05) is 10.8 Å². The number of amides is 1. The number of rotatable bonds is 2. The van der Waals surface area contributed by atoms with Crippen LogP contribution in [0.2, 0.25) is 0 Å². The van der Waals surface area contributed by atoms with Gasteiger partial charge in [0.25, 0.3) is 11.5 Å². The molecule has 3 rings (SSSR count). The Labute approximate surface area is 124 Å². The molecule has 6 nitrogen and oxygen atoms in total. The largest absolute Gasteiger partial charge is 0.345 e. The van der Waals surface area contributed by atoms with E-state index in [0.29, 0.717) is 5.39 Å². The summed E-state index contributed by atoms with van der Waals surface area (Å²) in [6, 6.07) is 4.82. The second kappa shape index (κ2) is 5.06. The van der Waals surface area contributed by atoms with Gasteiger partial charge in [-0.3, -0.25) is 9.59 Å². The molecular formula is C14H11FN2O4S. The van der Waals surface area contributed by atoms with Crippen molar-refractivity contribution in [3.63, 3.8) is 0 Å². The van der Waals surface area contributed by atoms with Crippen LogP contribution in [0.3, 0.4) is 0 Å². The van der Waals surface area contributed by atoms with Crippen LogP contribution in [0.15, 0.2) is 40.5 Å². The van der Waals surface area contributed by atoms with Crippen LogP contribution in [0.5, 0.6) is 0 Å². The Bertz CT molecular complexity index is 962. The lowest BCUT2D eigenvalue weighted by atomic mass is 10.1. The van der Waals surface area contributed by atoms with E-state index in [0.717, 1.165) is 5.41 Å². The Balaban J connectivity index is 1.93. The van der Waals surface area contributed by atoms with E-state index < -0.39 is 33.2 Å². The van der Waals surface area contributed by atoms with E-state index in [1.165, 1.54) is 24.3 Å². The maximum Gasteiger partial charge on any atom is 0.261 e. The summed E-state index contributed by atoms with van der Waals surface area (Å²) in [5.41, 5.74) is -0.914. The number of carbonyl (C=O) groups excluding carboxylic acids is 1. The van der Waals surface area contributed by atoms with Crippen LogP contribution in [0.4, 0.5) is 4.39 Å². The van der Waals surface area contributed by atoms with Crippen LogP contribution in [0.1, 0.15) is 10.4 Å². The number of carbonyl (C=O) groups is 1. The minimum Gasteiger partial charge on any atom is -0.345 e. The zero-order chi connectivity index (χ0) is 15.9.